The number of nitrogens with zero attached hydrogens (tertiary/aromatic N) is 1. The van der Waals surface area contributed by atoms with Crippen LogP contribution < -0.4 is 10.6 Å². The van der Waals surface area contributed by atoms with E-state index in [4.69, 9.17) is 5.73 Å². The van der Waals surface area contributed by atoms with E-state index in [1.807, 2.05) is 24.1 Å². The Bertz CT molecular complexity index is 556. The van der Waals surface area contributed by atoms with Gasteiger partial charge in [0, 0.05) is 13.6 Å². The topological polar surface area (TPSA) is 29.3 Å². The number of thiophene rings is 1. The Balaban J connectivity index is 2.12. The summed E-state index contributed by atoms with van der Waals surface area (Å²) in [7, 11) is 1.90. The fourth-order valence-electron chi connectivity index (χ4n) is 1.97. The minimum absolute atomic E-state index is 0.192. The van der Waals surface area contributed by atoms with E-state index < -0.39 is 0 Å². The van der Waals surface area contributed by atoms with Crippen molar-refractivity contribution in [1.29, 1.82) is 0 Å². The molecule has 0 unspecified atom stereocenters. The number of rotatable bonds is 5. The molecule has 0 aliphatic heterocycles. The Labute approximate surface area is 125 Å². The first kappa shape index (κ1) is 14.5. The molecule has 2 N–H and O–H groups in total. The van der Waals surface area contributed by atoms with Crippen molar-refractivity contribution in [2.24, 2.45) is 5.73 Å². The van der Waals surface area contributed by atoms with E-state index in [0.717, 1.165) is 9.35 Å². The van der Waals surface area contributed by atoms with Crippen molar-refractivity contribution in [2.75, 3.05) is 18.5 Å². The van der Waals surface area contributed by atoms with Gasteiger partial charge in [0.15, 0.2) is 0 Å². The van der Waals surface area contributed by atoms with Gasteiger partial charge < -0.3 is 10.6 Å². The first-order valence-corrected chi connectivity index (χ1v) is 7.70. The Morgan fingerprint density at radius 3 is 2.68 bits per heavy atom. The minimum Gasteiger partial charge on any atom is -0.368 e. The summed E-state index contributed by atoms with van der Waals surface area (Å²) < 4.78 is 15.1. The van der Waals surface area contributed by atoms with Crippen molar-refractivity contribution in [1.82, 2.24) is 0 Å². The lowest BCUT2D eigenvalue weighted by atomic mass is 10.1. The Morgan fingerprint density at radius 1 is 1.32 bits per heavy atom. The summed E-state index contributed by atoms with van der Waals surface area (Å²) >= 11 is 5.07. The molecular formula is C14H16BrFN2S. The molecule has 0 saturated heterocycles. The molecule has 2 aromatic rings. The zero-order valence-electron chi connectivity index (χ0n) is 10.7. The number of halogens is 2. The molecule has 2 rings (SSSR count). The van der Waals surface area contributed by atoms with E-state index >= 15 is 0 Å². The van der Waals surface area contributed by atoms with Gasteiger partial charge in [-0.15, -0.1) is 11.3 Å². The second kappa shape index (κ2) is 6.50. The van der Waals surface area contributed by atoms with Gasteiger partial charge in [-0.25, -0.2) is 4.39 Å². The van der Waals surface area contributed by atoms with Crippen LogP contribution in [0, 0.1) is 5.82 Å². The summed E-state index contributed by atoms with van der Waals surface area (Å²) in [5, 5.41) is 2.07. The highest BCUT2D eigenvalue weighted by Crippen LogP contribution is 2.25. The smallest absolute Gasteiger partial charge is 0.146 e. The van der Waals surface area contributed by atoms with Crippen LogP contribution in [0.1, 0.15) is 11.1 Å². The van der Waals surface area contributed by atoms with Crippen LogP contribution in [0.3, 0.4) is 0 Å². The van der Waals surface area contributed by atoms with Crippen LogP contribution in [-0.4, -0.2) is 13.6 Å². The predicted molar refractivity (Wildman–Crippen MR) is 83.3 cm³/mol. The van der Waals surface area contributed by atoms with Crippen LogP contribution in [0.4, 0.5) is 10.1 Å². The zero-order valence-corrected chi connectivity index (χ0v) is 13.1. The molecule has 19 heavy (non-hydrogen) atoms. The molecule has 1 aromatic carbocycles. The monoisotopic (exact) mass is 342 g/mol. The number of benzene rings is 1. The minimum atomic E-state index is -0.192. The summed E-state index contributed by atoms with van der Waals surface area (Å²) in [5.41, 5.74) is 8.20. The van der Waals surface area contributed by atoms with Gasteiger partial charge in [0.1, 0.15) is 5.82 Å². The van der Waals surface area contributed by atoms with Gasteiger partial charge >= 0.3 is 0 Å². The normalized spacial score (nSPS) is 10.7. The van der Waals surface area contributed by atoms with Gasteiger partial charge in [0.2, 0.25) is 0 Å². The molecule has 0 atom stereocenters. The van der Waals surface area contributed by atoms with Crippen LogP contribution >= 0.6 is 27.3 Å². The van der Waals surface area contributed by atoms with Crippen molar-refractivity contribution < 1.29 is 4.39 Å². The van der Waals surface area contributed by atoms with Crippen molar-refractivity contribution in [3.63, 3.8) is 0 Å². The fourth-order valence-corrected chi connectivity index (χ4v) is 3.17. The lowest BCUT2D eigenvalue weighted by Gasteiger charge is -2.19. The largest absolute Gasteiger partial charge is 0.368 e. The van der Waals surface area contributed by atoms with Gasteiger partial charge in [0.25, 0.3) is 0 Å². The molecule has 0 aliphatic carbocycles. The average Bonchev–Trinajstić information content (AvgIpc) is 2.75. The Kier molecular flexibility index (Phi) is 4.96. The van der Waals surface area contributed by atoms with E-state index in [1.165, 1.54) is 5.56 Å². The summed E-state index contributed by atoms with van der Waals surface area (Å²) in [6.45, 7) is 1.23. The molecule has 0 amide bonds. The van der Waals surface area contributed by atoms with Gasteiger partial charge in [-0.2, -0.15) is 0 Å². The highest BCUT2D eigenvalue weighted by atomic mass is 79.9. The maximum Gasteiger partial charge on any atom is 0.146 e. The molecule has 0 saturated carbocycles. The van der Waals surface area contributed by atoms with Crippen molar-refractivity contribution in [2.45, 2.75) is 13.0 Å². The molecule has 0 fully saturated rings. The summed E-state index contributed by atoms with van der Waals surface area (Å²) in [6, 6.07) is 7.39. The molecule has 1 aromatic heterocycles. The van der Waals surface area contributed by atoms with Crippen molar-refractivity contribution >= 4 is 33.0 Å². The highest BCUT2D eigenvalue weighted by Gasteiger charge is 2.09. The van der Waals surface area contributed by atoms with Gasteiger partial charge in [-0.05, 0) is 63.6 Å². The standard InChI is InChI=1S/C14H16BrFN2S/c1-18(8-11-7-14(15)19-9-11)13-3-2-10(4-5-17)6-12(13)16/h2-3,6-7,9H,4-5,8,17H2,1H3. The van der Waals surface area contributed by atoms with E-state index in [2.05, 4.69) is 27.4 Å². The van der Waals surface area contributed by atoms with Crippen LogP contribution in [0.25, 0.3) is 0 Å². The third kappa shape index (κ3) is 3.78. The molecule has 2 nitrogen and oxygen atoms in total. The molecule has 102 valence electrons. The molecule has 0 aliphatic rings. The highest BCUT2D eigenvalue weighted by molar-refractivity contribution is 9.11. The van der Waals surface area contributed by atoms with E-state index in [-0.39, 0.29) is 5.82 Å². The molecule has 0 radical (unpaired) electrons. The molecule has 0 spiro atoms. The Morgan fingerprint density at radius 2 is 2.11 bits per heavy atom. The van der Waals surface area contributed by atoms with E-state index in [9.17, 15) is 4.39 Å². The first-order chi connectivity index (χ1) is 9.10. The number of hydrogen-bond donors (Lipinski definition) is 1. The lowest BCUT2D eigenvalue weighted by Crippen LogP contribution is -2.17. The average molecular weight is 343 g/mol. The van der Waals surface area contributed by atoms with E-state index in [0.29, 0.717) is 25.2 Å². The molecule has 5 heteroatoms. The third-order valence-corrected chi connectivity index (χ3v) is 4.45. The Hall–Kier alpha value is -0.910. The summed E-state index contributed by atoms with van der Waals surface area (Å²) in [4.78, 5) is 1.91. The number of nitrogens with two attached hydrogens (primary N) is 1. The van der Waals surface area contributed by atoms with E-state index in [1.54, 1.807) is 17.4 Å². The van der Waals surface area contributed by atoms with Crippen molar-refractivity contribution in [3.8, 4) is 0 Å². The molecular weight excluding hydrogens is 327 g/mol. The van der Waals surface area contributed by atoms with Crippen LogP contribution in [0.15, 0.2) is 33.4 Å². The van der Waals surface area contributed by atoms with Gasteiger partial charge in [0.05, 0.1) is 9.47 Å². The maximum atomic E-state index is 14.0. The first-order valence-electron chi connectivity index (χ1n) is 6.02. The number of anilines is 1. The molecule has 0 bridgehead atoms. The van der Waals surface area contributed by atoms with Crippen molar-refractivity contribution in [3.05, 3.63) is 50.4 Å². The van der Waals surface area contributed by atoms with Crippen LogP contribution in [-0.2, 0) is 13.0 Å². The maximum absolute atomic E-state index is 14.0. The quantitative estimate of drug-likeness (QED) is 0.895. The molecule has 1 heterocycles. The second-order valence-electron chi connectivity index (χ2n) is 4.44. The zero-order chi connectivity index (χ0) is 13.8. The van der Waals surface area contributed by atoms with Crippen LogP contribution in [0.5, 0.6) is 0 Å². The van der Waals surface area contributed by atoms with Gasteiger partial charge in [-0.1, -0.05) is 6.07 Å². The fraction of sp³-hybridized carbons (Fsp3) is 0.286. The second-order valence-corrected chi connectivity index (χ2v) is 6.73. The van der Waals surface area contributed by atoms with Crippen LogP contribution in [0.2, 0.25) is 0 Å². The summed E-state index contributed by atoms with van der Waals surface area (Å²) in [5.74, 6) is -0.192. The SMILES string of the molecule is CN(Cc1csc(Br)c1)c1ccc(CCN)cc1F. The van der Waals surface area contributed by atoms with Gasteiger partial charge in [-0.3, -0.25) is 0 Å². The predicted octanol–water partition coefficient (Wildman–Crippen LogP) is 3.79. The number of hydrogen-bond acceptors (Lipinski definition) is 3. The summed E-state index contributed by atoms with van der Waals surface area (Å²) in [6.07, 6.45) is 0.707. The third-order valence-electron chi connectivity index (χ3n) is 2.90. The lowest BCUT2D eigenvalue weighted by molar-refractivity contribution is 0.620.